The standard InChI is InChI=1S/C16H19N7/c1-3-14-8-15(21-10-20-14)11(2)19-9-12-4-6-13(7-5-12)16(22-17)23-18/h3-8,10,19H,1-2,9,17-18H2,(H,22,23). The highest BCUT2D eigenvalue weighted by Gasteiger charge is 2.04. The molecule has 1 heterocycles. The molecule has 0 radical (unpaired) electrons. The van der Waals surface area contributed by atoms with Gasteiger partial charge in [-0.25, -0.2) is 15.8 Å². The van der Waals surface area contributed by atoms with E-state index >= 15 is 0 Å². The summed E-state index contributed by atoms with van der Waals surface area (Å²) in [4.78, 5) is 8.25. The van der Waals surface area contributed by atoms with Crippen molar-refractivity contribution in [3.8, 4) is 0 Å². The van der Waals surface area contributed by atoms with Gasteiger partial charge in [0.15, 0.2) is 5.84 Å². The molecule has 0 spiro atoms. The zero-order valence-electron chi connectivity index (χ0n) is 12.7. The van der Waals surface area contributed by atoms with Crippen molar-refractivity contribution in [1.29, 1.82) is 0 Å². The van der Waals surface area contributed by atoms with Gasteiger partial charge >= 0.3 is 0 Å². The number of benzene rings is 1. The minimum atomic E-state index is 0.423. The first-order chi connectivity index (χ1) is 11.2. The van der Waals surface area contributed by atoms with E-state index in [0.29, 0.717) is 18.1 Å². The van der Waals surface area contributed by atoms with Crippen LogP contribution in [0.4, 0.5) is 0 Å². The summed E-state index contributed by atoms with van der Waals surface area (Å²) in [5, 5.41) is 6.79. The number of hydrogen-bond donors (Lipinski definition) is 4. The van der Waals surface area contributed by atoms with E-state index < -0.39 is 0 Å². The van der Waals surface area contributed by atoms with Gasteiger partial charge in [-0.05, 0) is 17.7 Å². The van der Waals surface area contributed by atoms with E-state index in [2.05, 4.69) is 39.0 Å². The van der Waals surface area contributed by atoms with Crippen LogP contribution in [0.3, 0.4) is 0 Å². The van der Waals surface area contributed by atoms with Gasteiger partial charge in [0.05, 0.1) is 17.1 Å². The highest BCUT2D eigenvalue weighted by Crippen LogP contribution is 2.10. The SMILES string of the molecule is C=Cc1cc(C(=C)NCc2ccc(/C(=N/N)NN)cc2)ncn1. The minimum absolute atomic E-state index is 0.423. The minimum Gasteiger partial charge on any atom is -0.380 e. The van der Waals surface area contributed by atoms with Crippen molar-refractivity contribution in [2.24, 2.45) is 16.8 Å². The summed E-state index contributed by atoms with van der Waals surface area (Å²) in [6, 6.07) is 9.49. The summed E-state index contributed by atoms with van der Waals surface area (Å²) in [5.74, 6) is 11.0. The van der Waals surface area contributed by atoms with E-state index in [1.807, 2.05) is 30.3 Å². The van der Waals surface area contributed by atoms with Crippen molar-refractivity contribution in [2.75, 3.05) is 0 Å². The molecule has 0 atom stereocenters. The van der Waals surface area contributed by atoms with Crippen LogP contribution in [0, 0.1) is 0 Å². The summed E-state index contributed by atoms with van der Waals surface area (Å²) in [5.41, 5.74) is 6.53. The summed E-state index contributed by atoms with van der Waals surface area (Å²) in [7, 11) is 0. The van der Waals surface area contributed by atoms with Crippen molar-refractivity contribution in [3.63, 3.8) is 0 Å². The molecular formula is C16H19N7. The Morgan fingerprint density at radius 1 is 1.26 bits per heavy atom. The molecule has 1 aromatic heterocycles. The number of rotatable bonds is 6. The van der Waals surface area contributed by atoms with Gasteiger partial charge < -0.3 is 16.6 Å². The molecule has 118 valence electrons. The Morgan fingerprint density at radius 2 is 2.00 bits per heavy atom. The number of hydrazine groups is 1. The Bertz CT molecular complexity index is 719. The number of hydrazone groups is 1. The molecule has 2 aromatic rings. The second kappa shape index (κ2) is 7.71. The van der Waals surface area contributed by atoms with Crippen LogP contribution in [0.25, 0.3) is 11.8 Å². The van der Waals surface area contributed by atoms with Crippen molar-refractivity contribution >= 4 is 17.6 Å². The first-order valence-corrected chi connectivity index (χ1v) is 6.89. The zero-order valence-corrected chi connectivity index (χ0v) is 12.7. The average Bonchev–Trinajstić information content (AvgIpc) is 2.61. The number of nitrogens with two attached hydrogens (primary N) is 2. The van der Waals surface area contributed by atoms with Gasteiger partial charge in [-0.3, -0.25) is 0 Å². The smallest absolute Gasteiger partial charge is 0.166 e. The van der Waals surface area contributed by atoms with Gasteiger partial charge in [0.2, 0.25) is 0 Å². The molecule has 6 N–H and O–H groups in total. The summed E-state index contributed by atoms with van der Waals surface area (Å²) in [6.07, 6.45) is 3.15. The van der Waals surface area contributed by atoms with Crippen LogP contribution in [0.5, 0.6) is 0 Å². The topological polar surface area (TPSA) is 114 Å². The monoisotopic (exact) mass is 309 g/mol. The number of amidine groups is 1. The van der Waals surface area contributed by atoms with Gasteiger partial charge in [0.25, 0.3) is 0 Å². The quantitative estimate of drug-likeness (QED) is 0.273. The molecule has 0 fully saturated rings. The van der Waals surface area contributed by atoms with E-state index in [1.54, 1.807) is 6.08 Å². The first-order valence-electron chi connectivity index (χ1n) is 6.89. The number of hydrogen-bond acceptors (Lipinski definition) is 6. The predicted molar refractivity (Wildman–Crippen MR) is 92.5 cm³/mol. The van der Waals surface area contributed by atoms with Crippen LogP contribution >= 0.6 is 0 Å². The fourth-order valence-electron chi connectivity index (χ4n) is 1.92. The Labute approximate surface area is 134 Å². The number of nitrogens with zero attached hydrogens (tertiary/aromatic N) is 3. The summed E-state index contributed by atoms with van der Waals surface area (Å²) < 4.78 is 0. The maximum atomic E-state index is 5.34. The van der Waals surface area contributed by atoms with Gasteiger partial charge in [-0.15, -0.1) is 0 Å². The Kier molecular flexibility index (Phi) is 5.43. The van der Waals surface area contributed by atoms with Crippen LogP contribution < -0.4 is 22.4 Å². The van der Waals surface area contributed by atoms with Gasteiger partial charge in [-0.2, -0.15) is 5.10 Å². The van der Waals surface area contributed by atoms with Crippen LogP contribution in [-0.4, -0.2) is 15.8 Å². The average molecular weight is 309 g/mol. The molecule has 7 nitrogen and oxygen atoms in total. The molecule has 0 bridgehead atoms. The van der Waals surface area contributed by atoms with Crippen LogP contribution in [0.2, 0.25) is 0 Å². The molecule has 2 rings (SSSR count). The van der Waals surface area contributed by atoms with E-state index in [1.165, 1.54) is 6.33 Å². The lowest BCUT2D eigenvalue weighted by molar-refractivity contribution is 0.882. The Hall–Kier alpha value is -3.19. The fraction of sp³-hybridized carbons (Fsp3) is 0.0625. The Morgan fingerprint density at radius 3 is 2.61 bits per heavy atom. The van der Waals surface area contributed by atoms with Crippen molar-refractivity contribution in [1.82, 2.24) is 20.7 Å². The molecule has 0 unspecified atom stereocenters. The summed E-state index contributed by atoms with van der Waals surface area (Å²) >= 11 is 0. The molecule has 0 aliphatic rings. The van der Waals surface area contributed by atoms with E-state index in [9.17, 15) is 0 Å². The molecule has 1 aromatic carbocycles. The van der Waals surface area contributed by atoms with Crippen LogP contribution in [-0.2, 0) is 6.54 Å². The second-order valence-corrected chi connectivity index (χ2v) is 4.68. The van der Waals surface area contributed by atoms with Crippen molar-refractivity contribution in [2.45, 2.75) is 6.54 Å². The van der Waals surface area contributed by atoms with Gasteiger partial charge in [0, 0.05) is 12.1 Å². The molecule has 0 saturated carbocycles. The van der Waals surface area contributed by atoms with Crippen molar-refractivity contribution < 1.29 is 0 Å². The number of aromatic nitrogens is 2. The lowest BCUT2D eigenvalue weighted by atomic mass is 10.1. The highest BCUT2D eigenvalue weighted by atomic mass is 15.3. The third-order valence-corrected chi connectivity index (χ3v) is 3.21. The third-order valence-electron chi connectivity index (χ3n) is 3.21. The zero-order chi connectivity index (χ0) is 16.7. The highest BCUT2D eigenvalue weighted by molar-refractivity contribution is 5.98. The van der Waals surface area contributed by atoms with E-state index in [0.717, 1.165) is 22.5 Å². The maximum Gasteiger partial charge on any atom is 0.166 e. The molecular weight excluding hydrogens is 290 g/mol. The fourth-order valence-corrected chi connectivity index (χ4v) is 1.92. The van der Waals surface area contributed by atoms with Crippen LogP contribution in [0.15, 0.2) is 54.9 Å². The predicted octanol–water partition coefficient (Wildman–Crippen LogP) is 0.964. The Balaban J connectivity index is 2.00. The molecule has 0 amide bonds. The van der Waals surface area contributed by atoms with Crippen molar-refractivity contribution in [3.05, 3.63) is 72.3 Å². The molecule has 0 aliphatic heterocycles. The molecule has 0 saturated heterocycles. The molecule has 0 aliphatic carbocycles. The molecule has 23 heavy (non-hydrogen) atoms. The largest absolute Gasteiger partial charge is 0.380 e. The van der Waals surface area contributed by atoms with E-state index in [4.69, 9.17) is 11.7 Å². The third kappa shape index (κ3) is 4.14. The first kappa shape index (κ1) is 16.2. The lowest BCUT2D eigenvalue weighted by Crippen LogP contribution is -2.32. The normalized spacial score (nSPS) is 10.9. The second-order valence-electron chi connectivity index (χ2n) is 4.68. The van der Waals surface area contributed by atoms with Gasteiger partial charge in [-0.1, -0.05) is 37.4 Å². The van der Waals surface area contributed by atoms with E-state index in [-0.39, 0.29) is 0 Å². The van der Waals surface area contributed by atoms with Crippen LogP contribution in [0.1, 0.15) is 22.5 Å². The van der Waals surface area contributed by atoms with Gasteiger partial charge in [0.1, 0.15) is 6.33 Å². The number of nitrogens with one attached hydrogen (secondary N) is 2. The lowest BCUT2D eigenvalue weighted by Gasteiger charge is -2.10. The molecule has 7 heteroatoms. The summed E-state index contributed by atoms with van der Waals surface area (Å²) in [6.45, 7) is 8.29. The maximum absolute atomic E-state index is 5.34.